The summed E-state index contributed by atoms with van der Waals surface area (Å²) < 4.78 is 0. The van der Waals surface area contributed by atoms with Crippen LogP contribution in [0.4, 0.5) is 0 Å². The summed E-state index contributed by atoms with van der Waals surface area (Å²) in [5, 5.41) is 10.7. The maximum absolute atomic E-state index is 10.0. The smallest absolute Gasteiger partial charge is 0.0941 e. The van der Waals surface area contributed by atoms with E-state index in [9.17, 15) is 5.11 Å². The SMILES string of the molecule is CN(C)CCC(N)C(O)c1ccc(Cl)cc1. The van der Waals surface area contributed by atoms with Crippen molar-refractivity contribution in [3.8, 4) is 0 Å². The summed E-state index contributed by atoms with van der Waals surface area (Å²) in [5.74, 6) is 0. The highest BCUT2D eigenvalue weighted by Crippen LogP contribution is 2.19. The molecule has 2 atom stereocenters. The molecule has 0 heterocycles. The molecule has 1 aromatic carbocycles. The Labute approximate surface area is 102 Å². The highest BCUT2D eigenvalue weighted by atomic mass is 35.5. The second kappa shape index (κ2) is 6.21. The zero-order valence-electron chi connectivity index (χ0n) is 9.73. The van der Waals surface area contributed by atoms with Crippen molar-refractivity contribution in [2.24, 2.45) is 5.73 Å². The summed E-state index contributed by atoms with van der Waals surface area (Å²) in [6, 6.07) is 6.89. The zero-order valence-corrected chi connectivity index (χ0v) is 10.5. The van der Waals surface area contributed by atoms with E-state index in [2.05, 4.69) is 4.90 Å². The van der Waals surface area contributed by atoms with Crippen molar-refractivity contribution < 1.29 is 5.11 Å². The van der Waals surface area contributed by atoms with Crippen molar-refractivity contribution in [1.82, 2.24) is 4.90 Å². The molecule has 3 N–H and O–H groups in total. The molecule has 0 aliphatic rings. The fourth-order valence-electron chi connectivity index (χ4n) is 1.47. The van der Waals surface area contributed by atoms with Gasteiger partial charge in [-0.15, -0.1) is 0 Å². The largest absolute Gasteiger partial charge is 0.387 e. The van der Waals surface area contributed by atoms with Gasteiger partial charge < -0.3 is 15.7 Å². The van der Waals surface area contributed by atoms with Gasteiger partial charge in [-0.05, 0) is 44.8 Å². The molecule has 0 saturated carbocycles. The van der Waals surface area contributed by atoms with Crippen molar-refractivity contribution in [1.29, 1.82) is 0 Å². The van der Waals surface area contributed by atoms with Crippen LogP contribution in [0.3, 0.4) is 0 Å². The third-order valence-corrected chi connectivity index (χ3v) is 2.78. The van der Waals surface area contributed by atoms with Crippen molar-refractivity contribution >= 4 is 11.6 Å². The third-order valence-electron chi connectivity index (χ3n) is 2.53. The molecule has 0 radical (unpaired) electrons. The Kier molecular flexibility index (Phi) is 5.22. The van der Waals surface area contributed by atoms with E-state index < -0.39 is 6.10 Å². The van der Waals surface area contributed by atoms with Gasteiger partial charge in [0.2, 0.25) is 0 Å². The first-order chi connectivity index (χ1) is 7.50. The van der Waals surface area contributed by atoms with E-state index in [0.29, 0.717) is 5.02 Å². The van der Waals surface area contributed by atoms with Gasteiger partial charge in [0.05, 0.1) is 6.10 Å². The summed E-state index contributed by atoms with van der Waals surface area (Å²) in [7, 11) is 3.97. The summed E-state index contributed by atoms with van der Waals surface area (Å²) in [6.07, 6.45) is 0.133. The average Bonchev–Trinajstić information content (AvgIpc) is 2.26. The van der Waals surface area contributed by atoms with Gasteiger partial charge in [0, 0.05) is 11.1 Å². The Balaban J connectivity index is 2.56. The lowest BCUT2D eigenvalue weighted by Crippen LogP contribution is -2.32. The maximum atomic E-state index is 10.0. The fraction of sp³-hybridized carbons (Fsp3) is 0.500. The first-order valence-corrected chi connectivity index (χ1v) is 5.72. The normalized spacial score (nSPS) is 15.1. The summed E-state index contributed by atoms with van der Waals surface area (Å²) >= 11 is 5.78. The zero-order chi connectivity index (χ0) is 12.1. The maximum Gasteiger partial charge on any atom is 0.0941 e. The molecule has 0 spiro atoms. The third kappa shape index (κ3) is 4.10. The van der Waals surface area contributed by atoms with E-state index in [1.165, 1.54) is 0 Å². The van der Waals surface area contributed by atoms with Gasteiger partial charge in [-0.3, -0.25) is 0 Å². The molecular formula is C12H19ClN2O. The van der Waals surface area contributed by atoms with E-state index in [1.807, 2.05) is 26.2 Å². The van der Waals surface area contributed by atoms with Gasteiger partial charge in [-0.2, -0.15) is 0 Å². The molecule has 0 saturated heterocycles. The average molecular weight is 243 g/mol. The van der Waals surface area contributed by atoms with E-state index in [0.717, 1.165) is 18.5 Å². The summed E-state index contributed by atoms with van der Waals surface area (Å²) in [4.78, 5) is 2.05. The molecule has 0 aliphatic carbocycles. The van der Waals surface area contributed by atoms with Crippen LogP contribution in [-0.2, 0) is 0 Å². The Morgan fingerprint density at radius 3 is 2.38 bits per heavy atom. The second-order valence-corrected chi connectivity index (χ2v) is 4.69. The van der Waals surface area contributed by atoms with Crippen LogP contribution >= 0.6 is 11.6 Å². The number of aliphatic hydroxyl groups excluding tert-OH is 1. The Hall–Kier alpha value is -0.610. The van der Waals surface area contributed by atoms with E-state index in [-0.39, 0.29) is 6.04 Å². The summed E-state index contributed by atoms with van der Waals surface area (Å²) in [5.41, 5.74) is 6.74. The second-order valence-electron chi connectivity index (χ2n) is 4.25. The van der Waals surface area contributed by atoms with Crippen molar-refractivity contribution in [3.63, 3.8) is 0 Å². The number of rotatable bonds is 5. The van der Waals surface area contributed by atoms with E-state index in [4.69, 9.17) is 17.3 Å². The standard InChI is InChI=1S/C12H19ClN2O/c1-15(2)8-7-11(14)12(16)9-3-5-10(13)6-4-9/h3-6,11-12,16H,7-8,14H2,1-2H3. The molecule has 0 aliphatic heterocycles. The number of halogens is 1. The van der Waals surface area contributed by atoms with E-state index >= 15 is 0 Å². The van der Waals surface area contributed by atoms with Crippen LogP contribution in [0.1, 0.15) is 18.1 Å². The summed E-state index contributed by atoms with van der Waals surface area (Å²) in [6.45, 7) is 0.867. The molecule has 16 heavy (non-hydrogen) atoms. The molecular weight excluding hydrogens is 224 g/mol. The van der Waals surface area contributed by atoms with Crippen LogP contribution in [0.2, 0.25) is 5.02 Å². The highest BCUT2D eigenvalue weighted by molar-refractivity contribution is 6.30. The first-order valence-electron chi connectivity index (χ1n) is 5.34. The molecule has 3 nitrogen and oxygen atoms in total. The molecule has 4 heteroatoms. The molecule has 0 bridgehead atoms. The number of benzene rings is 1. The van der Waals surface area contributed by atoms with Crippen molar-refractivity contribution in [2.45, 2.75) is 18.6 Å². The number of nitrogens with zero attached hydrogens (tertiary/aromatic N) is 1. The van der Waals surface area contributed by atoms with Gasteiger partial charge in [0.1, 0.15) is 0 Å². The topological polar surface area (TPSA) is 49.5 Å². The van der Waals surface area contributed by atoms with Crippen LogP contribution in [0.15, 0.2) is 24.3 Å². The Morgan fingerprint density at radius 1 is 1.31 bits per heavy atom. The molecule has 0 fully saturated rings. The molecule has 90 valence electrons. The predicted octanol–water partition coefficient (Wildman–Crippen LogP) is 1.65. The number of hydrogen-bond acceptors (Lipinski definition) is 3. The molecule has 1 aromatic rings. The minimum atomic E-state index is -0.628. The van der Waals surface area contributed by atoms with Crippen LogP contribution in [0.5, 0.6) is 0 Å². The highest BCUT2D eigenvalue weighted by Gasteiger charge is 2.16. The van der Waals surface area contributed by atoms with Crippen molar-refractivity contribution in [3.05, 3.63) is 34.9 Å². The Bertz CT molecular complexity index is 313. The molecule has 0 amide bonds. The quantitative estimate of drug-likeness (QED) is 0.826. The lowest BCUT2D eigenvalue weighted by Gasteiger charge is -2.21. The van der Waals surface area contributed by atoms with Gasteiger partial charge in [0.15, 0.2) is 0 Å². The number of nitrogens with two attached hydrogens (primary N) is 1. The lowest BCUT2D eigenvalue weighted by atomic mass is 10.0. The van der Waals surface area contributed by atoms with Gasteiger partial charge in [0.25, 0.3) is 0 Å². The van der Waals surface area contributed by atoms with Gasteiger partial charge in [-0.1, -0.05) is 23.7 Å². The molecule has 2 unspecified atom stereocenters. The minimum Gasteiger partial charge on any atom is -0.387 e. The minimum absolute atomic E-state index is 0.247. The Morgan fingerprint density at radius 2 is 1.88 bits per heavy atom. The first kappa shape index (κ1) is 13.5. The van der Waals surface area contributed by atoms with Crippen LogP contribution in [-0.4, -0.2) is 36.7 Å². The number of hydrogen-bond donors (Lipinski definition) is 2. The van der Waals surface area contributed by atoms with Gasteiger partial charge in [-0.25, -0.2) is 0 Å². The van der Waals surface area contributed by atoms with Crippen molar-refractivity contribution in [2.75, 3.05) is 20.6 Å². The lowest BCUT2D eigenvalue weighted by molar-refractivity contribution is 0.137. The monoisotopic (exact) mass is 242 g/mol. The van der Waals surface area contributed by atoms with Crippen LogP contribution in [0, 0.1) is 0 Å². The molecule has 0 aromatic heterocycles. The number of aliphatic hydroxyl groups is 1. The fourth-order valence-corrected chi connectivity index (χ4v) is 1.60. The van der Waals surface area contributed by atoms with Crippen LogP contribution in [0.25, 0.3) is 0 Å². The predicted molar refractivity (Wildman–Crippen MR) is 67.6 cm³/mol. The van der Waals surface area contributed by atoms with E-state index in [1.54, 1.807) is 12.1 Å². The molecule has 1 rings (SSSR count). The van der Waals surface area contributed by atoms with Crippen LogP contribution < -0.4 is 5.73 Å². The van der Waals surface area contributed by atoms with Gasteiger partial charge >= 0.3 is 0 Å².